The number of allylic oxidation sites excluding steroid dienone is 8. The molecule has 3 aliphatic heterocycles. The van der Waals surface area contributed by atoms with Gasteiger partial charge in [0, 0.05) is 101 Å². The maximum absolute atomic E-state index is 13.0. The van der Waals surface area contributed by atoms with E-state index in [0.29, 0.717) is 45.4 Å². The van der Waals surface area contributed by atoms with E-state index in [9.17, 15) is 47.9 Å². The second-order valence-electron chi connectivity index (χ2n) is 31.9. The van der Waals surface area contributed by atoms with E-state index in [4.69, 9.17) is 75.8 Å². The van der Waals surface area contributed by atoms with Gasteiger partial charge in [0.25, 0.3) is 0 Å². The SMILES string of the molecule is CCCCC/C=C\C/C=C\CCCCCCCCC1(CCCCCCCC/C=C\C/C=C\CCCCC)OC[C@H](CN(CCCCCC(=O)NCCOCCOCCO[C@@H]2OC(COC(C)=O)[C@H](OC(C)=O)C(OC(C)=O)C2NC(C)=O)CCCCCC(=O)NCCOCCOCCO[C@@H]2OC(COC(C)=O)[C@H](OC(C)=O)C(OC(C)=O)C2NC(C)=O)O1. The maximum Gasteiger partial charge on any atom is 0.303 e. The van der Waals surface area contributed by atoms with Crippen LogP contribution in [0.15, 0.2) is 48.6 Å². The molecule has 3 heterocycles. The summed E-state index contributed by atoms with van der Waals surface area (Å²) in [6.07, 6.45) is 44.7. The lowest BCUT2D eigenvalue weighted by Crippen LogP contribution is -2.66. The molecule has 3 fully saturated rings. The van der Waals surface area contributed by atoms with E-state index >= 15 is 0 Å². The third kappa shape index (κ3) is 56.1. The van der Waals surface area contributed by atoms with Crippen molar-refractivity contribution in [3.8, 4) is 0 Å². The van der Waals surface area contributed by atoms with Gasteiger partial charge < -0.3 is 102 Å². The number of amides is 4. The summed E-state index contributed by atoms with van der Waals surface area (Å²) in [5, 5.41) is 11.2. The molecule has 0 aromatic heterocycles. The van der Waals surface area contributed by atoms with E-state index in [1.165, 1.54) is 130 Å². The zero-order valence-electron chi connectivity index (χ0n) is 76.3. The Morgan fingerprint density at radius 2 is 0.724 bits per heavy atom. The second kappa shape index (κ2) is 71.3. The lowest BCUT2D eigenvalue weighted by Gasteiger charge is -2.44. The molecule has 0 bridgehead atoms. The van der Waals surface area contributed by atoms with Crippen LogP contribution in [0.3, 0.4) is 0 Å². The minimum atomic E-state index is -1.25. The van der Waals surface area contributed by atoms with Crippen LogP contribution in [0.2, 0.25) is 0 Å². The van der Waals surface area contributed by atoms with E-state index in [0.717, 1.165) is 137 Å². The molecular formula is C92H157N5O26. The number of hydrogen-bond donors (Lipinski definition) is 4. The molecule has 11 atom stereocenters. The molecule has 31 nitrogen and oxygen atoms in total. The Bertz CT molecular complexity index is 2830. The molecule has 3 saturated heterocycles. The number of rotatable bonds is 74. The monoisotopic (exact) mass is 1750 g/mol. The van der Waals surface area contributed by atoms with Crippen LogP contribution in [0.4, 0.5) is 0 Å². The van der Waals surface area contributed by atoms with Gasteiger partial charge in [0.2, 0.25) is 23.6 Å². The van der Waals surface area contributed by atoms with Gasteiger partial charge in [0.05, 0.1) is 78.8 Å². The normalized spacial score (nSPS) is 20.8. The number of hydrogen-bond acceptors (Lipinski definition) is 27. The van der Waals surface area contributed by atoms with Crippen LogP contribution in [0, 0.1) is 0 Å². The lowest BCUT2D eigenvalue weighted by atomic mass is 9.96. The summed E-state index contributed by atoms with van der Waals surface area (Å²) < 4.78 is 93.1. The van der Waals surface area contributed by atoms with Crippen molar-refractivity contribution in [1.29, 1.82) is 0 Å². The molecule has 3 aliphatic rings. The minimum absolute atomic E-state index is 0.0295. The summed E-state index contributed by atoms with van der Waals surface area (Å²) in [6, 6.07) is -2.21. The summed E-state index contributed by atoms with van der Waals surface area (Å²) >= 11 is 0. The van der Waals surface area contributed by atoms with Gasteiger partial charge in [-0.3, -0.25) is 47.9 Å². The van der Waals surface area contributed by atoms with Crippen LogP contribution in [0.5, 0.6) is 0 Å². The van der Waals surface area contributed by atoms with Crippen LogP contribution >= 0.6 is 0 Å². The Hall–Kier alpha value is -6.78. The molecule has 123 heavy (non-hydrogen) atoms. The predicted octanol–water partition coefficient (Wildman–Crippen LogP) is 12.6. The highest BCUT2D eigenvalue weighted by atomic mass is 16.8. The number of carbonyl (C=O) groups is 10. The Morgan fingerprint density at radius 1 is 0.382 bits per heavy atom. The molecule has 0 spiro atoms. The highest BCUT2D eigenvalue weighted by molar-refractivity contribution is 5.76. The van der Waals surface area contributed by atoms with Crippen molar-refractivity contribution in [3.05, 3.63) is 48.6 Å². The highest BCUT2D eigenvalue weighted by Gasteiger charge is 2.53. The molecule has 3 rings (SSSR count). The summed E-state index contributed by atoms with van der Waals surface area (Å²) in [5.41, 5.74) is 0. The summed E-state index contributed by atoms with van der Waals surface area (Å²) in [5.74, 6) is -5.83. The lowest BCUT2D eigenvalue weighted by molar-refractivity contribution is -0.279. The largest absolute Gasteiger partial charge is 0.463 e. The fourth-order valence-corrected chi connectivity index (χ4v) is 14.7. The third-order valence-electron chi connectivity index (χ3n) is 20.7. The van der Waals surface area contributed by atoms with Gasteiger partial charge in [0.15, 0.2) is 42.8 Å². The molecule has 4 N–H and O–H groups in total. The average Bonchev–Trinajstić information content (AvgIpc) is 1.71. The molecule has 6 unspecified atom stereocenters. The number of unbranched alkanes of at least 4 members (excludes halogenated alkanes) is 22. The highest BCUT2D eigenvalue weighted by Crippen LogP contribution is 2.36. The number of nitrogens with zero attached hydrogens (tertiary/aromatic N) is 1. The van der Waals surface area contributed by atoms with Crippen molar-refractivity contribution >= 4 is 59.4 Å². The molecule has 0 aromatic carbocycles. The van der Waals surface area contributed by atoms with Crippen LogP contribution in [-0.2, 0) is 124 Å². The van der Waals surface area contributed by atoms with Crippen molar-refractivity contribution < 1.29 is 124 Å². The van der Waals surface area contributed by atoms with Crippen molar-refractivity contribution in [2.75, 3.05) is 119 Å². The van der Waals surface area contributed by atoms with Crippen molar-refractivity contribution in [3.63, 3.8) is 0 Å². The number of esters is 6. The van der Waals surface area contributed by atoms with Gasteiger partial charge in [-0.05, 0) is 116 Å². The zero-order valence-corrected chi connectivity index (χ0v) is 76.3. The molecule has 0 aromatic rings. The Balaban J connectivity index is 1.54. The molecule has 0 radical (unpaired) electrons. The molecule has 0 aliphatic carbocycles. The molecule has 31 heteroatoms. The fourth-order valence-electron chi connectivity index (χ4n) is 14.7. The summed E-state index contributed by atoms with van der Waals surface area (Å²) in [7, 11) is 0. The zero-order chi connectivity index (χ0) is 89.8. The van der Waals surface area contributed by atoms with Gasteiger partial charge in [-0.15, -0.1) is 0 Å². The smallest absolute Gasteiger partial charge is 0.303 e. The number of carbonyl (C=O) groups excluding carboxylic acids is 10. The van der Waals surface area contributed by atoms with Crippen LogP contribution < -0.4 is 21.3 Å². The first-order valence-corrected chi connectivity index (χ1v) is 46.0. The minimum Gasteiger partial charge on any atom is -0.463 e. The first-order valence-electron chi connectivity index (χ1n) is 46.0. The van der Waals surface area contributed by atoms with E-state index in [1.54, 1.807) is 0 Å². The van der Waals surface area contributed by atoms with E-state index < -0.39 is 115 Å². The summed E-state index contributed by atoms with van der Waals surface area (Å²) in [6.45, 7) is 18.4. The maximum atomic E-state index is 13.0. The van der Waals surface area contributed by atoms with E-state index in [1.807, 2.05) is 0 Å². The first kappa shape index (κ1) is 110. The molecular weight excluding hydrogens is 1590 g/mol. The van der Waals surface area contributed by atoms with Gasteiger partial charge in [0.1, 0.15) is 37.5 Å². The van der Waals surface area contributed by atoms with Crippen molar-refractivity contribution in [2.24, 2.45) is 0 Å². The van der Waals surface area contributed by atoms with Crippen molar-refractivity contribution in [2.45, 2.75) is 361 Å². The summed E-state index contributed by atoms with van der Waals surface area (Å²) in [4.78, 5) is 125. The van der Waals surface area contributed by atoms with E-state index in [-0.39, 0.29) is 97.2 Å². The quantitative estimate of drug-likeness (QED) is 0.0190. The molecule has 4 amide bonds. The fraction of sp³-hybridized carbons (Fsp3) is 0.804. The Kier molecular flexibility index (Phi) is 64.0. The predicted molar refractivity (Wildman–Crippen MR) is 464 cm³/mol. The van der Waals surface area contributed by atoms with E-state index in [2.05, 4.69) is 88.6 Å². The second-order valence-corrected chi connectivity index (χ2v) is 31.9. The van der Waals surface area contributed by atoms with Gasteiger partial charge >= 0.3 is 35.8 Å². The standard InChI is InChI=1S/C92H157N5O26/c1-11-13-15-17-19-21-23-25-27-29-31-33-35-37-39-45-51-92(52-46-40-38-36-34-32-30-28-26-24-22-20-18-16-14-12-2)116-68-79(123-92)67-97(55-47-41-43-49-82(106)93-53-57-108-59-61-110-63-65-112-90-84(95-71(3)98)88(119-77(9)104)86(117-75(7)102)80(121-90)69-114-73(5)100)56-48-42-44-50-83(107)94-54-58-109-60-62-111-64-66-113-91-85(96-72(4)99)89(120-78(10)105)87(118-76(8)103)81(122-91)70-115-74(6)101/h19-22,25-28,79-81,84-91H,11-18,23-24,29-70H2,1-10H3,(H,93,106)(H,94,107)(H,95,98)(H,96,99)/b21-19-,22-20-,27-25-,28-26-/t79-,80?,81?,84?,85?,86-,87-,88?,89?,90+,91+/m0/s1. The third-order valence-corrected chi connectivity index (χ3v) is 20.7. The van der Waals surface area contributed by atoms with Crippen LogP contribution in [0.25, 0.3) is 0 Å². The Morgan fingerprint density at radius 3 is 1.09 bits per heavy atom. The van der Waals surface area contributed by atoms with Gasteiger partial charge in [-0.1, -0.05) is 152 Å². The number of nitrogens with one attached hydrogen (secondary N) is 4. The Labute approximate surface area is 734 Å². The van der Waals surface area contributed by atoms with Crippen LogP contribution in [0.1, 0.15) is 288 Å². The van der Waals surface area contributed by atoms with Gasteiger partial charge in [-0.2, -0.15) is 0 Å². The van der Waals surface area contributed by atoms with Gasteiger partial charge in [-0.25, -0.2) is 0 Å². The molecule has 706 valence electrons. The molecule has 0 saturated carbocycles. The first-order chi connectivity index (χ1) is 59.5. The van der Waals surface area contributed by atoms with Crippen LogP contribution in [-0.4, -0.2) is 256 Å². The topological polar surface area (TPSA) is 370 Å². The number of ether oxygens (including phenoxy) is 16. The van der Waals surface area contributed by atoms with Crippen molar-refractivity contribution in [1.82, 2.24) is 26.2 Å². The average molecular weight is 1750 g/mol.